The van der Waals surface area contributed by atoms with Gasteiger partial charge in [0.05, 0.1) is 17.0 Å². The Morgan fingerprint density at radius 3 is 2.47 bits per heavy atom. The number of halogens is 1. The van der Waals surface area contributed by atoms with Crippen molar-refractivity contribution in [3.05, 3.63) is 94.9 Å². The Morgan fingerprint density at radius 1 is 1.00 bits per heavy atom. The standard InChI is InChI=1S/C24H20ClN3OS/c1-16-7-10-18(11-8-16)23-20(28-24(30-23)19-5-3-2-4-6-19)13-22(29)27-15-17-9-12-21(25)26-14-17/h2-12,14H,13,15H2,1H3,(H,27,29). The average Bonchev–Trinajstić information content (AvgIpc) is 3.18. The molecule has 2 aromatic carbocycles. The second-order valence-corrected chi connectivity index (χ2v) is 8.36. The average molecular weight is 434 g/mol. The van der Waals surface area contributed by atoms with E-state index in [0.717, 1.165) is 32.3 Å². The van der Waals surface area contributed by atoms with Gasteiger partial charge >= 0.3 is 0 Å². The maximum absolute atomic E-state index is 12.6. The van der Waals surface area contributed by atoms with Gasteiger partial charge in [0.25, 0.3) is 0 Å². The largest absolute Gasteiger partial charge is 0.352 e. The maximum Gasteiger partial charge on any atom is 0.226 e. The molecule has 6 heteroatoms. The number of amides is 1. The second kappa shape index (κ2) is 9.20. The molecule has 0 spiro atoms. The van der Waals surface area contributed by atoms with Crippen molar-refractivity contribution in [2.75, 3.05) is 0 Å². The summed E-state index contributed by atoms with van der Waals surface area (Å²) in [5.41, 5.74) is 5.01. The number of rotatable bonds is 6. The Bertz CT molecular complexity index is 1140. The highest BCUT2D eigenvalue weighted by atomic mass is 35.5. The van der Waals surface area contributed by atoms with Gasteiger partial charge < -0.3 is 5.32 Å². The normalized spacial score (nSPS) is 10.7. The molecule has 150 valence electrons. The van der Waals surface area contributed by atoms with Gasteiger partial charge in [0.1, 0.15) is 10.2 Å². The molecule has 4 rings (SSSR count). The molecule has 0 atom stereocenters. The SMILES string of the molecule is Cc1ccc(-c2sc(-c3ccccc3)nc2CC(=O)NCc2ccc(Cl)nc2)cc1. The van der Waals surface area contributed by atoms with Crippen LogP contribution in [0.1, 0.15) is 16.8 Å². The van der Waals surface area contributed by atoms with Crippen LogP contribution in [-0.4, -0.2) is 15.9 Å². The van der Waals surface area contributed by atoms with Crippen LogP contribution in [0.3, 0.4) is 0 Å². The van der Waals surface area contributed by atoms with Crippen LogP contribution in [-0.2, 0) is 17.8 Å². The van der Waals surface area contributed by atoms with Gasteiger partial charge in [0.2, 0.25) is 5.91 Å². The van der Waals surface area contributed by atoms with Crippen LogP contribution in [0, 0.1) is 6.92 Å². The van der Waals surface area contributed by atoms with Crippen LogP contribution in [0.5, 0.6) is 0 Å². The molecule has 0 saturated heterocycles. The van der Waals surface area contributed by atoms with Crippen LogP contribution in [0.15, 0.2) is 72.9 Å². The lowest BCUT2D eigenvalue weighted by atomic mass is 10.1. The first-order chi connectivity index (χ1) is 14.6. The number of hydrogen-bond acceptors (Lipinski definition) is 4. The predicted molar refractivity (Wildman–Crippen MR) is 123 cm³/mol. The molecule has 2 heterocycles. The van der Waals surface area contributed by atoms with Crippen molar-refractivity contribution in [1.29, 1.82) is 0 Å². The molecule has 0 aliphatic carbocycles. The van der Waals surface area contributed by atoms with Crippen molar-refractivity contribution in [3.8, 4) is 21.0 Å². The van der Waals surface area contributed by atoms with E-state index >= 15 is 0 Å². The zero-order chi connectivity index (χ0) is 20.9. The summed E-state index contributed by atoms with van der Waals surface area (Å²) in [5, 5.41) is 4.29. The van der Waals surface area contributed by atoms with Gasteiger partial charge in [-0.05, 0) is 24.1 Å². The third-order valence-corrected chi connectivity index (χ3v) is 6.06. The van der Waals surface area contributed by atoms with Crippen LogP contribution >= 0.6 is 22.9 Å². The van der Waals surface area contributed by atoms with Crippen LogP contribution in [0.25, 0.3) is 21.0 Å². The Kier molecular flexibility index (Phi) is 6.21. The Balaban J connectivity index is 1.57. The predicted octanol–water partition coefficient (Wildman–Crippen LogP) is 5.69. The van der Waals surface area contributed by atoms with E-state index in [1.165, 1.54) is 5.56 Å². The molecular formula is C24H20ClN3OS. The topological polar surface area (TPSA) is 54.9 Å². The molecule has 0 unspecified atom stereocenters. The first kappa shape index (κ1) is 20.3. The quantitative estimate of drug-likeness (QED) is 0.397. The Labute approximate surface area is 184 Å². The summed E-state index contributed by atoms with van der Waals surface area (Å²) in [4.78, 5) is 22.5. The zero-order valence-electron chi connectivity index (χ0n) is 16.4. The van der Waals surface area contributed by atoms with E-state index in [4.69, 9.17) is 16.6 Å². The van der Waals surface area contributed by atoms with Crippen LogP contribution < -0.4 is 5.32 Å². The van der Waals surface area contributed by atoms with E-state index in [-0.39, 0.29) is 12.3 Å². The number of pyridine rings is 1. The molecule has 1 amide bonds. The molecule has 0 saturated carbocycles. The molecule has 4 aromatic rings. The number of nitrogens with one attached hydrogen (secondary N) is 1. The van der Waals surface area contributed by atoms with Crippen molar-refractivity contribution < 1.29 is 4.79 Å². The molecule has 0 bridgehead atoms. The van der Waals surface area contributed by atoms with Crippen molar-refractivity contribution >= 4 is 28.8 Å². The van der Waals surface area contributed by atoms with E-state index in [2.05, 4.69) is 41.5 Å². The van der Waals surface area contributed by atoms with Gasteiger partial charge in [-0.15, -0.1) is 11.3 Å². The van der Waals surface area contributed by atoms with Gasteiger partial charge in [-0.2, -0.15) is 0 Å². The van der Waals surface area contributed by atoms with Crippen LogP contribution in [0.2, 0.25) is 5.15 Å². The lowest BCUT2D eigenvalue weighted by Crippen LogP contribution is -2.25. The highest BCUT2D eigenvalue weighted by molar-refractivity contribution is 7.18. The fourth-order valence-corrected chi connectivity index (χ4v) is 4.24. The van der Waals surface area contributed by atoms with E-state index in [9.17, 15) is 4.79 Å². The minimum absolute atomic E-state index is 0.0803. The number of thiazole rings is 1. The Morgan fingerprint density at radius 2 is 1.77 bits per heavy atom. The number of aromatic nitrogens is 2. The Hall–Kier alpha value is -3.02. The number of hydrogen-bond donors (Lipinski definition) is 1. The molecular weight excluding hydrogens is 414 g/mol. The maximum atomic E-state index is 12.6. The lowest BCUT2D eigenvalue weighted by Gasteiger charge is -2.06. The van der Waals surface area contributed by atoms with Gasteiger partial charge in [0, 0.05) is 18.3 Å². The first-order valence-electron chi connectivity index (χ1n) is 9.58. The summed E-state index contributed by atoms with van der Waals surface area (Å²) in [5.74, 6) is -0.0803. The molecule has 2 aromatic heterocycles. The third-order valence-electron chi connectivity index (χ3n) is 4.64. The van der Waals surface area contributed by atoms with Gasteiger partial charge in [-0.25, -0.2) is 9.97 Å². The van der Waals surface area contributed by atoms with Crippen molar-refractivity contribution in [3.63, 3.8) is 0 Å². The number of nitrogens with zero attached hydrogens (tertiary/aromatic N) is 2. The highest BCUT2D eigenvalue weighted by Gasteiger charge is 2.17. The fourth-order valence-electron chi connectivity index (χ4n) is 3.03. The van der Waals surface area contributed by atoms with E-state index in [1.54, 1.807) is 23.6 Å². The highest BCUT2D eigenvalue weighted by Crippen LogP contribution is 2.35. The van der Waals surface area contributed by atoms with E-state index in [0.29, 0.717) is 11.7 Å². The lowest BCUT2D eigenvalue weighted by molar-refractivity contribution is -0.120. The first-order valence-corrected chi connectivity index (χ1v) is 10.8. The smallest absolute Gasteiger partial charge is 0.226 e. The van der Waals surface area contributed by atoms with Crippen LogP contribution in [0.4, 0.5) is 0 Å². The van der Waals surface area contributed by atoms with Crippen molar-refractivity contribution in [2.24, 2.45) is 0 Å². The third kappa shape index (κ3) is 4.93. The molecule has 0 aliphatic rings. The molecule has 0 fully saturated rings. The summed E-state index contributed by atoms with van der Waals surface area (Å²) >= 11 is 7.43. The minimum atomic E-state index is -0.0803. The zero-order valence-corrected chi connectivity index (χ0v) is 18.0. The van der Waals surface area contributed by atoms with Gasteiger partial charge in [-0.1, -0.05) is 77.8 Å². The summed E-state index contributed by atoms with van der Waals surface area (Å²) in [6, 6.07) is 21.9. The fraction of sp³-hybridized carbons (Fsp3) is 0.125. The monoisotopic (exact) mass is 433 g/mol. The molecule has 30 heavy (non-hydrogen) atoms. The molecule has 4 nitrogen and oxygen atoms in total. The second-order valence-electron chi connectivity index (χ2n) is 6.97. The number of aryl methyl sites for hydroxylation is 1. The number of carbonyl (C=O) groups excluding carboxylic acids is 1. The summed E-state index contributed by atoms with van der Waals surface area (Å²) in [7, 11) is 0. The van der Waals surface area contributed by atoms with Gasteiger partial charge in [-0.3, -0.25) is 4.79 Å². The summed E-state index contributed by atoms with van der Waals surface area (Å²) in [6.07, 6.45) is 1.88. The summed E-state index contributed by atoms with van der Waals surface area (Å²) < 4.78 is 0. The van der Waals surface area contributed by atoms with E-state index in [1.807, 2.05) is 36.4 Å². The van der Waals surface area contributed by atoms with Gasteiger partial charge in [0.15, 0.2) is 0 Å². The number of benzene rings is 2. The minimum Gasteiger partial charge on any atom is -0.352 e. The van der Waals surface area contributed by atoms with Crippen molar-refractivity contribution in [1.82, 2.24) is 15.3 Å². The summed E-state index contributed by atoms with van der Waals surface area (Å²) in [6.45, 7) is 2.46. The van der Waals surface area contributed by atoms with E-state index < -0.39 is 0 Å². The number of carbonyl (C=O) groups is 1. The molecule has 1 N–H and O–H groups in total. The molecule has 0 aliphatic heterocycles. The molecule has 0 radical (unpaired) electrons. The van der Waals surface area contributed by atoms with Crippen molar-refractivity contribution in [2.45, 2.75) is 19.9 Å².